The lowest BCUT2D eigenvalue weighted by Crippen LogP contribution is -2.44. The third-order valence-electron chi connectivity index (χ3n) is 5.19. The van der Waals surface area contributed by atoms with Gasteiger partial charge in [-0.2, -0.15) is 5.10 Å². The van der Waals surface area contributed by atoms with E-state index in [1.165, 1.54) is 12.1 Å². The van der Waals surface area contributed by atoms with Crippen LogP contribution in [0.1, 0.15) is 23.2 Å². The molecule has 2 N–H and O–H groups in total. The molecule has 0 bridgehead atoms. The van der Waals surface area contributed by atoms with Gasteiger partial charge in [-0.15, -0.1) is 0 Å². The van der Waals surface area contributed by atoms with Crippen molar-refractivity contribution in [2.45, 2.75) is 12.8 Å². The lowest BCUT2D eigenvalue weighted by Gasteiger charge is -2.31. The van der Waals surface area contributed by atoms with Crippen LogP contribution in [-0.2, 0) is 4.79 Å². The SMILES string of the molecule is NC(=O)[C@H]1CCCN(C(=O)c2cn(-c3ccccc3)nc2-c2ccc(F)cc2)C1. The zero-order valence-corrected chi connectivity index (χ0v) is 15.8. The first kappa shape index (κ1) is 18.9. The maximum absolute atomic E-state index is 13.4. The number of carbonyl (C=O) groups is 2. The summed E-state index contributed by atoms with van der Waals surface area (Å²) in [6, 6.07) is 15.3. The van der Waals surface area contributed by atoms with E-state index < -0.39 is 0 Å². The Morgan fingerprint density at radius 3 is 2.48 bits per heavy atom. The Kier molecular flexibility index (Phi) is 5.12. The van der Waals surface area contributed by atoms with Crippen molar-refractivity contribution in [1.82, 2.24) is 14.7 Å². The minimum Gasteiger partial charge on any atom is -0.369 e. The smallest absolute Gasteiger partial charge is 0.257 e. The van der Waals surface area contributed by atoms with Crippen LogP contribution in [0.5, 0.6) is 0 Å². The van der Waals surface area contributed by atoms with E-state index in [1.54, 1.807) is 27.9 Å². The Morgan fingerprint density at radius 1 is 1.07 bits per heavy atom. The molecule has 0 aliphatic carbocycles. The number of aromatic nitrogens is 2. The largest absolute Gasteiger partial charge is 0.369 e. The second kappa shape index (κ2) is 7.87. The number of nitrogens with zero attached hydrogens (tertiary/aromatic N) is 3. The molecule has 2 heterocycles. The fourth-order valence-corrected chi connectivity index (χ4v) is 3.63. The summed E-state index contributed by atoms with van der Waals surface area (Å²) < 4.78 is 15.0. The van der Waals surface area contributed by atoms with Crippen molar-refractivity contribution in [1.29, 1.82) is 0 Å². The maximum atomic E-state index is 13.4. The zero-order valence-electron chi connectivity index (χ0n) is 15.8. The van der Waals surface area contributed by atoms with Gasteiger partial charge in [0.15, 0.2) is 0 Å². The van der Waals surface area contributed by atoms with Crippen LogP contribution in [0.4, 0.5) is 4.39 Å². The molecule has 1 aliphatic heterocycles. The number of hydrogen-bond acceptors (Lipinski definition) is 3. The molecule has 29 heavy (non-hydrogen) atoms. The van der Waals surface area contributed by atoms with Gasteiger partial charge in [-0.3, -0.25) is 9.59 Å². The predicted molar refractivity (Wildman–Crippen MR) is 107 cm³/mol. The van der Waals surface area contributed by atoms with E-state index in [4.69, 9.17) is 5.73 Å². The standard InChI is InChI=1S/C22H21FN4O2/c23-17-10-8-15(9-11-17)20-19(14-27(25-20)18-6-2-1-3-7-18)22(29)26-12-4-5-16(13-26)21(24)28/h1-3,6-11,14,16H,4-5,12-13H2,(H2,24,28)/t16-/m0/s1. The molecule has 1 aromatic heterocycles. The van der Waals surface area contributed by atoms with Crippen LogP contribution in [0.3, 0.4) is 0 Å². The third-order valence-corrected chi connectivity index (χ3v) is 5.19. The average molecular weight is 392 g/mol. The van der Waals surface area contributed by atoms with Crippen molar-refractivity contribution in [2.75, 3.05) is 13.1 Å². The number of carbonyl (C=O) groups excluding carboxylic acids is 2. The maximum Gasteiger partial charge on any atom is 0.257 e. The molecule has 1 fully saturated rings. The average Bonchev–Trinajstić information content (AvgIpc) is 3.20. The van der Waals surface area contributed by atoms with Gasteiger partial charge < -0.3 is 10.6 Å². The van der Waals surface area contributed by atoms with Crippen molar-refractivity contribution in [3.63, 3.8) is 0 Å². The molecule has 0 unspecified atom stereocenters. The number of para-hydroxylation sites is 1. The van der Waals surface area contributed by atoms with E-state index in [0.717, 1.165) is 12.1 Å². The molecule has 3 aromatic rings. The van der Waals surface area contributed by atoms with Crippen molar-refractivity contribution in [2.24, 2.45) is 11.7 Å². The van der Waals surface area contributed by atoms with Gasteiger partial charge in [0.2, 0.25) is 5.91 Å². The van der Waals surface area contributed by atoms with E-state index in [2.05, 4.69) is 5.10 Å². The molecule has 2 amide bonds. The molecular weight excluding hydrogens is 371 g/mol. The highest BCUT2D eigenvalue weighted by Crippen LogP contribution is 2.27. The molecule has 1 saturated heterocycles. The van der Waals surface area contributed by atoms with Gasteiger partial charge in [0.1, 0.15) is 11.5 Å². The Bertz CT molecular complexity index is 1030. The van der Waals surface area contributed by atoms with E-state index in [1.807, 2.05) is 30.3 Å². The lowest BCUT2D eigenvalue weighted by atomic mass is 9.96. The normalized spacial score (nSPS) is 16.6. The van der Waals surface area contributed by atoms with Crippen molar-refractivity contribution >= 4 is 11.8 Å². The molecule has 0 spiro atoms. The first-order valence-corrected chi connectivity index (χ1v) is 9.52. The predicted octanol–water partition coefficient (Wildman–Crippen LogP) is 3.02. The van der Waals surface area contributed by atoms with Crippen LogP contribution in [-0.4, -0.2) is 39.6 Å². The molecule has 7 heteroatoms. The number of primary amides is 1. The summed E-state index contributed by atoms with van der Waals surface area (Å²) >= 11 is 0. The molecule has 1 atom stereocenters. The van der Waals surface area contributed by atoms with Gasteiger partial charge in [0, 0.05) is 24.8 Å². The van der Waals surface area contributed by atoms with Gasteiger partial charge in [0.05, 0.1) is 17.2 Å². The number of nitrogens with two attached hydrogens (primary N) is 1. The Morgan fingerprint density at radius 2 is 1.79 bits per heavy atom. The van der Waals surface area contributed by atoms with E-state index in [-0.39, 0.29) is 23.5 Å². The van der Waals surface area contributed by atoms with E-state index in [0.29, 0.717) is 36.3 Å². The highest BCUT2D eigenvalue weighted by molar-refractivity contribution is 6.00. The fourth-order valence-electron chi connectivity index (χ4n) is 3.63. The number of piperidine rings is 1. The van der Waals surface area contributed by atoms with E-state index in [9.17, 15) is 14.0 Å². The van der Waals surface area contributed by atoms with Gasteiger partial charge in [-0.1, -0.05) is 18.2 Å². The van der Waals surface area contributed by atoms with Crippen molar-refractivity contribution in [3.8, 4) is 16.9 Å². The zero-order chi connectivity index (χ0) is 20.4. The third kappa shape index (κ3) is 3.89. The summed E-state index contributed by atoms with van der Waals surface area (Å²) in [5.41, 5.74) is 7.79. The Labute approximate surface area is 167 Å². The number of hydrogen-bond donors (Lipinski definition) is 1. The molecule has 0 saturated carbocycles. The molecule has 0 radical (unpaired) electrons. The van der Waals surface area contributed by atoms with Gasteiger partial charge in [-0.05, 0) is 49.2 Å². The van der Waals surface area contributed by atoms with Crippen LogP contribution >= 0.6 is 0 Å². The van der Waals surface area contributed by atoms with Gasteiger partial charge in [0.25, 0.3) is 5.91 Å². The monoisotopic (exact) mass is 392 g/mol. The molecule has 148 valence electrons. The Balaban J connectivity index is 1.74. The minimum absolute atomic E-state index is 0.211. The highest BCUT2D eigenvalue weighted by atomic mass is 19.1. The number of halogens is 1. The first-order valence-electron chi connectivity index (χ1n) is 9.52. The minimum atomic E-state index is -0.388. The van der Waals surface area contributed by atoms with Gasteiger partial charge in [-0.25, -0.2) is 9.07 Å². The van der Waals surface area contributed by atoms with Gasteiger partial charge >= 0.3 is 0 Å². The summed E-state index contributed by atoms with van der Waals surface area (Å²) in [7, 11) is 0. The number of amides is 2. The summed E-state index contributed by atoms with van der Waals surface area (Å²) in [6.07, 6.45) is 3.09. The summed E-state index contributed by atoms with van der Waals surface area (Å²) in [4.78, 5) is 26.6. The molecular formula is C22H21FN4O2. The van der Waals surface area contributed by atoms with Crippen molar-refractivity contribution in [3.05, 3.63) is 72.2 Å². The lowest BCUT2D eigenvalue weighted by molar-refractivity contribution is -0.123. The number of benzene rings is 2. The molecule has 4 rings (SSSR count). The van der Waals surface area contributed by atoms with Crippen LogP contribution in [0.25, 0.3) is 16.9 Å². The second-order valence-electron chi connectivity index (χ2n) is 7.17. The first-order chi connectivity index (χ1) is 14.0. The fraction of sp³-hybridized carbons (Fsp3) is 0.227. The number of rotatable bonds is 4. The molecule has 1 aliphatic rings. The van der Waals surface area contributed by atoms with Crippen LogP contribution < -0.4 is 5.73 Å². The van der Waals surface area contributed by atoms with Crippen LogP contribution in [0.2, 0.25) is 0 Å². The van der Waals surface area contributed by atoms with E-state index >= 15 is 0 Å². The summed E-state index contributed by atoms with van der Waals surface area (Å²) in [5.74, 6) is -1.30. The van der Waals surface area contributed by atoms with Crippen LogP contribution in [0.15, 0.2) is 60.8 Å². The molecule has 6 nitrogen and oxygen atoms in total. The number of likely N-dealkylation sites (tertiary alicyclic amines) is 1. The quantitative estimate of drug-likeness (QED) is 0.741. The summed E-state index contributed by atoms with van der Waals surface area (Å²) in [5, 5.41) is 4.61. The molecule has 2 aromatic carbocycles. The second-order valence-corrected chi connectivity index (χ2v) is 7.17. The Hall–Kier alpha value is -3.48. The van der Waals surface area contributed by atoms with Crippen molar-refractivity contribution < 1.29 is 14.0 Å². The highest BCUT2D eigenvalue weighted by Gasteiger charge is 2.30. The topological polar surface area (TPSA) is 81.2 Å². The summed E-state index contributed by atoms with van der Waals surface area (Å²) in [6.45, 7) is 0.857. The van der Waals surface area contributed by atoms with Crippen LogP contribution in [0, 0.1) is 11.7 Å².